The number of guanidine groups is 1. The van der Waals surface area contributed by atoms with Gasteiger partial charge in [-0.1, -0.05) is 19.1 Å². The lowest BCUT2D eigenvalue weighted by molar-refractivity contribution is -0.121. The number of benzene rings is 1. The predicted molar refractivity (Wildman–Crippen MR) is 117 cm³/mol. The number of carbonyl (C=O) groups is 1. The molecule has 1 unspecified atom stereocenters. The van der Waals surface area contributed by atoms with Gasteiger partial charge in [-0.25, -0.2) is 0 Å². The lowest BCUT2D eigenvalue weighted by Gasteiger charge is -2.34. The van der Waals surface area contributed by atoms with Crippen LogP contribution < -0.4 is 15.4 Å². The summed E-state index contributed by atoms with van der Waals surface area (Å²) < 4.78 is 5.43. The van der Waals surface area contributed by atoms with E-state index in [0.717, 1.165) is 49.9 Å². The van der Waals surface area contributed by atoms with E-state index in [2.05, 4.69) is 33.5 Å². The Morgan fingerprint density at radius 3 is 2.71 bits per heavy atom. The Morgan fingerprint density at radius 2 is 2.07 bits per heavy atom. The number of rotatable bonds is 8. The largest absolute Gasteiger partial charge is 0.496 e. The van der Waals surface area contributed by atoms with Gasteiger partial charge in [0.15, 0.2) is 5.96 Å². The van der Waals surface area contributed by atoms with Gasteiger partial charge >= 0.3 is 0 Å². The summed E-state index contributed by atoms with van der Waals surface area (Å²) in [6.45, 7) is 5.03. The summed E-state index contributed by atoms with van der Waals surface area (Å²) >= 11 is 1.83. The minimum atomic E-state index is 0.141. The number of thioether (sulfide) groups is 1. The molecule has 28 heavy (non-hydrogen) atoms. The molecule has 1 aliphatic heterocycles. The minimum Gasteiger partial charge on any atom is -0.496 e. The molecule has 2 N–H and O–H groups in total. The quantitative estimate of drug-likeness (QED) is 0.395. The molecule has 1 heterocycles. The summed E-state index contributed by atoms with van der Waals surface area (Å²) in [5, 5.41) is 6.25. The first-order valence-corrected chi connectivity index (χ1v) is 11.0. The molecule has 1 atom stereocenters. The zero-order valence-electron chi connectivity index (χ0n) is 17.5. The average Bonchev–Trinajstić information content (AvgIpc) is 2.73. The molecule has 1 fully saturated rings. The van der Waals surface area contributed by atoms with Crippen molar-refractivity contribution in [3.63, 3.8) is 0 Å². The van der Waals surface area contributed by atoms with Crippen molar-refractivity contribution in [1.82, 2.24) is 15.5 Å². The number of ether oxygens (including phenoxy) is 1. The highest BCUT2D eigenvalue weighted by atomic mass is 32.2. The van der Waals surface area contributed by atoms with Crippen LogP contribution in [0.4, 0.5) is 0 Å². The van der Waals surface area contributed by atoms with E-state index in [1.807, 2.05) is 37.0 Å². The molecule has 0 spiro atoms. The second-order valence-corrected chi connectivity index (χ2v) is 8.36. The Morgan fingerprint density at radius 1 is 1.36 bits per heavy atom. The number of methoxy groups -OCH3 is 1. The third-order valence-electron chi connectivity index (χ3n) is 5.08. The van der Waals surface area contributed by atoms with Crippen LogP contribution in [0, 0.1) is 11.8 Å². The van der Waals surface area contributed by atoms with Gasteiger partial charge in [-0.2, -0.15) is 0 Å². The molecule has 7 heteroatoms. The molecule has 0 aromatic heterocycles. The van der Waals surface area contributed by atoms with Crippen LogP contribution >= 0.6 is 11.8 Å². The average molecular weight is 407 g/mol. The number of hydrogen-bond donors (Lipinski definition) is 2. The van der Waals surface area contributed by atoms with Crippen molar-refractivity contribution in [2.24, 2.45) is 16.8 Å². The van der Waals surface area contributed by atoms with Crippen LogP contribution in [-0.2, 0) is 4.79 Å². The van der Waals surface area contributed by atoms with Crippen LogP contribution in [0.25, 0.3) is 0 Å². The Balaban J connectivity index is 1.74. The number of piperidine rings is 1. The highest BCUT2D eigenvalue weighted by molar-refractivity contribution is 7.99. The van der Waals surface area contributed by atoms with Crippen molar-refractivity contribution in [3.8, 4) is 5.75 Å². The molecular formula is C21H34N4O2S. The fraction of sp³-hybridized carbons (Fsp3) is 0.619. The van der Waals surface area contributed by atoms with Gasteiger partial charge < -0.3 is 20.3 Å². The van der Waals surface area contributed by atoms with Crippen molar-refractivity contribution < 1.29 is 9.53 Å². The highest BCUT2D eigenvalue weighted by Crippen LogP contribution is 2.29. The van der Waals surface area contributed by atoms with Crippen LogP contribution in [0.15, 0.2) is 34.2 Å². The van der Waals surface area contributed by atoms with Crippen molar-refractivity contribution >= 4 is 23.6 Å². The number of para-hydroxylation sites is 1. The Labute approximate surface area is 173 Å². The van der Waals surface area contributed by atoms with Crippen LogP contribution in [0.1, 0.15) is 26.2 Å². The van der Waals surface area contributed by atoms with Gasteiger partial charge in [0.2, 0.25) is 5.91 Å². The SMILES string of the molecule is CN=C(NCC(C)CSc1ccccc1OC)N1CCC(CC(=O)NC)CC1. The molecule has 1 aromatic rings. The monoisotopic (exact) mass is 406 g/mol. The molecule has 6 nitrogen and oxygen atoms in total. The minimum absolute atomic E-state index is 0.141. The fourth-order valence-electron chi connectivity index (χ4n) is 3.34. The van der Waals surface area contributed by atoms with E-state index in [9.17, 15) is 4.79 Å². The van der Waals surface area contributed by atoms with E-state index in [1.165, 1.54) is 4.90 Å². The number of carbonyl (C=O) groups excluding carboxylic acids is 1. The lowest BCUT2D eigenvalue weighted by atomic mass is 9.93. The molecule has 2 rings (SSSR count). The summed E-state index contributed by atoms with van der Waals surface area (Å²) in [5.41, 5.74) is 0. The zero-order valence-corrected chi connectivity index (χ0v) is 18.3. The molecular weight excluding hydrogens is 372 g/mol. The van der Waals surface area contributed by atoms with Crippen LogP contribution in [0.2, 0.25) is 0 Å². The van der Waals surface area contributed by atoms with Gasteiger partial charge in [-0.05, 0) is 36.8 Å². The number of nitrogens with zero attached hydrogens (tertiary/aromatic N) is 2. The lowest BCUT2D eigenvalue weighted by Crippen LogP contribution is -2.47. The Bertz CT molecular complexity index is 645. The Hall–Kier alpha value is -1.89. The second-order valence-electron chi connectivity index (χ2n) is 7.30. The first-order chi connectivity index (χ1) is 13.6. The molecule has 1 saturated heterocycles. The zero-order chi connectivity index (χ0) is 20.4. The Kier molecular flexibility index (Phi) is 9.47. The predicted octanol–water partition coefficient (Wildman–Crippen LogP) is 2.85. The molecule has 0 aliphatic carbocycles. The van der Waals surface area contributed by atoms with Crippen molar-refractivity contribution in [2.45, 2.75) is 31.1 Å². The first-order valence-electron chi connectivity index (χ1n) is 9.99. The van der Waals surface area contributed by atoms with Gasteiger partial charge in [0.05, 0.1) is 7.11 Å². The van der Waals surface area contributed by atoms with E-state index in [4.69, 9.17) is 4.74 Å². The van der Waals surface area contributed by atoms with Gasteiger partial charge in [-0.3, -0.25) is 9.79 Å². The van der Waals surface area contributed by atoms with E-state index in [0.29, 0.717) is 18.3 Å². The van der Waals surface area contributed by atoms with E-state index < -0.39 is 0 Å². The molecule has 1 aromatic carbocycles. The third kappa shape index (κ3) is 6.93. The van der Waals surface area contributed by atoms with Gasteiger partial charge in [0, 0.05) is 50.8 Å². The van der Waals surface area contributed by atoms with E-state index in [1.54, 1.807) is 14.2 Å². The standard InChI is InChI=1S/C21H34N4O2S/c1-16(15-28-19-8-6-5-7-18(19)27-4)14-24-21(23-3)25-11-9-17(10-12-25)13-20(26)22-2/h5-8,16-17H,9-15H2,1-4H3,(H,22,26)(H,23,24). The van der Waals surface area contributed by atoms with Crippen LogP contribution in [0.5, 0.6) is 5.75 Å². The molecule has 0 bridgehead atoms. The molecule has 0 saturated carbocycles. The van der Waals surface area contributed by atoms with E-state index >= 15 is 0 Å². The smallest absolute Gasteiger partial charge is 0.220 e. The van der Waals surface area contributed by atoms with E-state index in [-0.39, 0.29) is 5.91 Å². The van der Waals surface area contributed by atoms with Gasteiger partial charge in [0.25, 0.3) is 0 Å². The van der Waals surface area contributed by atoms with Gasteiger partial charge in [0.1, 0.15) is 5.75 Å². The number of aliphatic imine (C=N–C) groups is 1. The van der Waals surface area contributed by atoms with Crippen LogP contribution in [0.3, 0.4) is 0 Å². The molecule has 0 radical (unpaired) electrons. The summed E-state index contributed by atoms with van der Waals surface area (Å²) in [7, 11) is 5.26. The maximum atomic E-state index is 11.6. The maximum Gasteiger partial charge on any atom is 0.220 e. The number of hydrogen-bond acceptors (Lipinski definition) is 4. The summed E-state index contributed by atoms with van der Waals surface area (Å²) in [6.07, 6.45) is 2.70. The summed E-state index contributed by atoms with van der Waals surface area (Å²) in [4.78, 5) is 19.5. The molecule has 156 valence electrons. The number of nitrogens with one attached hydrogen (secondary N) is 2. The number of amides is 1. The van der Waals surface area contributed by atoms with Crippen LogP contribution in [-0.4, -0.2) is 63.4 Å². The number of likely N-dealkylation sites (tertiary alicyclic amines) is 1. The summed E-state index contributed by atoms with van der Waals surface area (Å²) in [6, 6.07) is 8.14. The van der Waals surface area contributed by atoms with Gasteiger partial charge in [-0.15, -0.1) is 11.8 Å². The first kappa shape index (κ1) is 22.4. The normalized spacial score (nSPS) is 16.6. The molecule has 1 amide bonds. The van der Waals surface area contributed by atoms with Crippen molar-refractivity contribution in [2.75, 3.05) is 46.6 Å². The van der Waals surface area contributed by atoms with Crippen molar-refractivity contribution in [3.05, 3.63) is 24.3 Å². The topological polar surface area (TPSA) is 66.0 Å². The maximum absolute atomic E-state index is 11.6. The summed E-state index contributed by atoms with van der Waals surface area (Å²) in [5.74, 6) is 4.03. The van der Waals surface area contributed by atoms with Crippen molar-refractivity contribution in [1.29, 1.82) is 0 Å². The highest BCUT2D eigenvalue weighted by Gasteiger charge is 2.23. The fourth-order valence-corrected chi connectivity index (χ4v) is 4.39. The molecule has 1 aliphatic rings. The third-order valence-corrected chi connectivity index (χ3v) is 6.46. The second kappa shape index (κ2) is 11.8.